The first-order chi connectivity index (χ1) is 10.0. The lowest BCUT2D eigenvalue weighted by Gasteiger charge is -2.42. The molecule has 1 aromatic rings. The van der Waals surface area contributed by atoms with Gasteiger partial charge in [0, 0.05) is 31.2 Å². The fourth-order valence-corrected chi connectivity index (χ4v) is 3.32. The molecule has 0 saturated carbocycles. The molecule has 0 radical (unpaired) electrons. The van der Waals surface area contributed by atoms with E-state index in [0.29, 0.717) is 23.7 Å². The summed E-state index contributed by atoms with van der Waals surface area (Å²) in [5, 5.41) is 12.4. The molecule has 6 heteroatoms. The molecule has 0 spiro atoms. The fraction of sp³-hybridized carbons (Fsp3) is 0.467. The summed E-state index contributed by atoms with van der Waals surface area (Å²) in [5.74, 6) is -0.441. The molecule has 2 unspecified atom stereocenters. The molecule has 2 heterocycles. The first-order valence-electron chi connectivity index (χ1n) is 7.21. The van der Waals surface area contributed by atoms with Crippen molar-refractivity contribution in [3.8, 4) is 0 Å². The summed E-state index contributed by atoms with van der Waals surface area (Å²) < 4.78 is 0. The van der Waals surface area contributed by atoms with Gasteiger partial charge in [0.15, 0.2) is 0 Å². The van der Waals surface area contributed by atoms with Crippen molar-refractivity contribution in [2.75, 3.05) is 23.7 Å². The topological polar surface area (TPSA) is 95.7 Å². The van der Waals surface area contributed by atoms with E-state index in [1.807, 2.05) is 0 Å². The Balaban J connectivity index is 1.84. The van der Waals surface area contributed by atoms with Gasteiger partial charge in [-0.25, -0.2) is 4.79 Å². The number of carbonyl (C=O) groups excluding carboxylic acids is 1. The third-order valence-electron chi connectivity index (χ3n) is 4.42. The summed E-state index contributed by atoms with van der Waals surface area (Å²) in [6, 6.07) is 5.12. The van der Waals surface area contributed by atoms with Crippen LogP contribution in [-0.4, -0.2) is 36.1 Å². The van der Waals surface area contributed by atoms with Crippen molar-refractivity contribution in [2.24, 2.45) is 5.92 Å². The van der Waals surface area contributed by atoms with Gasteiger partial charge in [0.25, 0.3) is 0 Å². The van der Waals surface area contributed by atoms with Crippen molar-refractivity contribution >= 4 is 23.3 Å². The molecule has 2 aliphatic heterocycles. The van der Waals surface area contributed by atoms with Crippen molar-refractivity contribution in [1.29, 1.82) is 0 Å². The number of carboxylic acid groups (broad SMARTS) is 1. The predicted molar refractivity (Wildman–Crippen MR) is 79.3 cm³/mol. The van der Waals surface area contributed by atoms with Gasteiger partial charge in [-0.2, -0.15) is 0 Å². The zero-order valence-electron chi connectivity index (χ0n) is 11.7. The number of piperidine rings is 2. The van der Waals surface area contributed by atoms with E-state index in [1.165, 1.54) is 0 Å². The Bertz CT molecular complexity index is 588. The standard InChI is InChI=1S/C15H19N3O3/c16-10-2-3-11(15(20)21)13(7-10)18-6-5-12-9(8-18)1-4-14(19)17-12/h2-3,7,9,12H,1,4-6,8,16H2,(H,17,19)(H,20,21). The van der Waals surface area contributed by atoms with Gasteiger partial charge >= 0.3 is 5.97 Å². The molecule has 1 amide bonds. The average Bonchev–Trinajstić information content (AvgIpc) is 2.46. The van der Waals surface area contributed by atoms with Gasteiger partial charge in [0.05, 0.1) is 11.3 Å². The minimum atomic E-state index is -0.941. The number of fused-ring (bicyclic) bond motifs is 1. The van der Waals surface area contributed by atoms with Gasteiger partial charge in [0.1, 0.15) is 0 Å². The highest BCUT2D eigenvalue weighted by Gasteiger charge is 2.34. The molecule has 0 bridgehead atoms. The quantitative estimate of drug-likeness (QED) is 0.708. The molecular weight excluding hydrogens is 270 g/mol. The smallest absolute Gasteiger partial charge is 0.337 e. The van der Waals surface area contributed by atoms with Crippen molar-refractivity contribution < 1.29 is 14.7 Å². The molecule has 0 aromatic heterocycles. The first kappa shape index (κ1) is 13.7. The van der Waals surface area contributed by atoms with Gasteiger partial charge < -0.3 is 21.1 Å². The van der Waals surface area contributed by atoms with Crippen molar-refractivity contribution in [3.05, 3.63) is 23.8 Å². The Kier molecular flexibility index (Phi) is 3.45. The third kappa shape index (κ3) is 2.66. The van der Waals surface area contributed by atoms with Crippen LogP contribution < -0.4 is 16.0 Å². The normalized spacial score (nSPS) is 25.1. The third-order valence-corrected chi connectivity index (χ3v) is 4.42. The number of amides is 1. The van der Waals surface area contributed by atoms with E-state index < -0.39 is 5.97 Å². The van der Waals surface area contributed by atoms with Gasteiger partial charge in [0.2, 0.25) is 5.91 Å². The van der Waals surface area contributed by atoms with Gasteiger partial charge in [-0.3, -0.25) is 4.79 Å². The summed E-state index contributed by atoms with van der Waals surface area (Å²) in [6.07, 6.45) is 2.25. The number of nitrogens with one attached hydrogen (secondary N) is 1. The SMILES string of the molecule is Nc1ccc(C(=O)O)c(N2CCC3NC(=O)CCC3C2)c1. The number of anilines is 2. The van der Waals surface area contributed by atoms with E-state index in [1.54, 1.807) is 18.2 Å². The highest BCUT2D eigenvalue weighted by atomic mass is 16.4. The summed E-state index contributed by atoms with van der Waals surface area (Å²) in [4.78, 5) is 24.9. The van der Waals surface area contributed by atoms with Crippen LogP contribution in [0.2, 0.25) is 0 Å². The number of nitrogens with zero attached hydrogens (tertiary/aromatic N) is 1. The van der Waals surface area contributed by atoms with Gasteiger partial charge in [-0.1, -0.05) is 0 Å². The summed E-state index contributed by atoms with van der Waals surface area (Å²) >= 11 is 0. The summed E-state index contributed by atoms with van der Waals surface area (Å²) in [5.41, 5.74) is 7.33. The average molecular weight is 289 g/mol. The first-order valence-corrected chi connectivity index (χ1v) is 7.21. The summed E-state index contributed by atoms with van der Waals surface area (Å²) in [6.45, 7) is 1.49. The molecule has 1 aromatic carbocycles. The number of nitrogen functional groups attached to an aromatic ring is 1. The summed E-state index contributed by atoms with van der Waals surface area (Å²) in [7, 11) is 0. The fourth-order valence-electron chi connectivity index (χ4n) is 3.32. The molecule has 0 aliphatic carbocycles. The molecule has 4 N–H and O–H groups in total. The number of aromatic carboxylic acids is 1. The van der Waals surface area contributed by atoms with Crippen LogP contribution >= 0.6 is 0 Å². The van der Waals surface area contributed by atoms with Gasteiger partial charge in [-0.15, -0.1) is 0 Å². The molecule has 21 heavy (non-hydrogen) atoms. The second-order valence-electron chi connectivity index (χ2n) is 5.79. The molecule has 2 atom stereocenters. The Hall–Kier alpha value is -2.24. The number of hydrogen-bond acceptors (Lipinski definition) is 4. The number of hydrogen-bond donors (Lipinski definition) is 3. The second-order valence-corrected chi connectivity index (χ2v) is 5.79. The second kappa shape index (κ2) is 5.27. The van der Waals surface area contributed by atoms with Crippen LogP contribution in [-0.2, 0) is 4.79 Å². The zero-order chi connectivity index (χ0) is 15.0. The molecule has 2 aliphatic rings. The molecule has 6 nitrogen and oxygen atoms in total. The van der Waals surface area contributed by atoms with Crippen LogP contribution in [0, 0.1) is 5.92 Å². The number of rotatable bonds is 2. The molecule has 3 rings (SSSR count). The highest BCUT2D eigenvalue weighted by Crippen LogP contribution is 2.31. The van der Waals surface area contributed by atoms with E-state index in [4.69, 9.17) is 5.73 Å². The van der Waals surface area contributed by atoms with E-state index in [-0.39, 0.29) is 17.5 Å². The number of nitrogens with two attached hydrogens (primary N) is 1. The lowest BCUT2D eigenvalue weighted by atomic mass is 9.85. The minimum Gasteiger partial charge on any atom is -0.478 e. The highest BCUT2D eigenvalue weighted by molar-refractivity contribution is 5.95. The monoisotopic (exact) mass is 289 g/mol. The molecular formula is C15H19N3O3. The molecule has 112 valence electrons. The molecule has 2 fully saturated rings. The molecule has 2 saturated heterocycles. The van der Waals surface area contributed by atoms with Crippen molar-refractivity contribution in [3.63, 3.8) is 0 Å². The number of benzene rings is 1. The lowest BCUT2D eigenvalue weighted by molar-refractivity contribution is -0.124. The lowest BCUT2D eigenvalue weighted by Crippen LogP contribution is -2.54. The maximum Gasteiger partial charge on any atom is 0.337 e. The van der Waals surface area contributed by atoms with Crippen LogP contribution in [0.25, 0.3) is 0 Å². The van der Waals surface area contributed by atoms with E-state index in [2.05, 4.69) is 10.2 Å². The minimum absolute atomic E-state index is 0.125. The Morgan fingerprint density at radius 2 is 2.19 bits per heavy atom. The Morgan fingerprint density at radius 1 is 1.38 bits per heavy atom. The zero-order valence-corrected chi connectivity index (χ0v) is 11.7. The van der Waals surface area contributed by atoms with E-state index in [0.717, 1.165) is 25.9 Å². The van der Waals surface area contributed by atoms with Crippen LogP contribution in [0.15, 0.2) is 18.2 Å². The van der Waals surface area contributed by atoms with Crippen molar-refractivity contribution in [2.45, 2.75) is 25.3 Å². The maximum atomic E-state index is 11.4. The largest absolute Gasteiger partial charge is 0.478 e. The Morgan fingerprint density at radius 3 is 2.95 bits per heavy atom. The van der Waals surface area contributed by atoms with Crippen LogP contribution in [0.3, 0.4) is 0 Å². The van der Waals surface area contributed by atoms with E-state index >= 15 is 0 Å². The van der Waals surface area contributed by atoms with Crippen molar-refractivity contribution in [1.82, 2.24) is 5.32 Å². The van der Waals surface area contributed by atoms with E-state index in [9.17, 15) is 14.7 Å². The van der Waals surface area contributed by atoms with Crippen LogP contribution in [0.4, 0.5) is 11.4 Å². The number of carbonyl (C=O) groups is 2. The Labute approximate surface area is 122 Å². The van der Waals surface area contributed by atoms with Crippen LogP contribution in [0.5, 0.6) is 0 Å². The maximum absolute atomic E-state index is 11.4. The predicted octanol–water partition coefficient (Wildman–Crippen LogP) is 1.07. The number of carboxylic acids is 1. The van der Waals surface area contributed by atoms with Gasteiger partial charge in [-0.05, 0) is 37.0 Å². The van der Waals surface area contributed by atoms with Crippen LogP contribution in [0.1, 0.15) is 29.6 Å².